The summed E-state index contributed by atoms with van der Waals surface area (Å²) in [6.07, 6.45) is 3.66. The zero-order chi connectivity index (χ0) is 11.8. The van der Waals surface area contributed by atoms with Crippen LogP contribution in [0.5, 0.6) is 0 Å². The van der Waals surface area contributed by atoms with Crippen molar-refractivity contribution in [3.8, 4) is 0 Å². The van der Waals surface area contributed by atoms with E-state index in [2.05, 4.69) is 24.0 Å². The van der Waals surface area contributed by atoms with Gasteiger partial charge in [0.1, 0.15) is 5.82 Å². The third-order valence-electron chi connectivity index (χ3n) is 3.64. The van der Waals surface area contributed by atoms with E-state index in [9.17, 15) is 0 Å². The predicted molar refractivity (Wildman–Crippen MR) is 64.6 cm³/mol. The lowest BCUT2D eigenvalue weighted by Gasteiger charge is -2.21. The van der Waals surface area contributed by atoms with Gasteiger partial charge in [0.25, 0.3) is 0 Å². The zero-order valence-electron chi connectivity index (χ0n) is 9.82. The lowest BCUT2D eigenvalue weighted by molar-refractivity contribution is 0.327. The fraction of sp³-hybridized carbons (Fsp3) is 0.818. The first kappa shape index (κ1) is 11.8. The van der Waals surface area contributed by atoms with Crippen molar-refractivity contribution in [3.05, 3.63) is 10.7 Å². The molecule has 2 atom stereocenters. The summed E-state index contributed by atoms with van der Waals surface area (Å²) in [5.74, 6) is 1.66. The molecule has 1 aromatic heterocycles. The molecule has 0 spiro atoms. The van der Waals surface area contributed by atoms with Crippen molar-refractivity contribution in [3.63, 3.8) is 0 Å². The van der Waals surface area contributed by atoms with Gasteiger partial charge in [-0.15, -0.1) is 0 Å². The van der Waals surface area contributed by atoms with Crippen LogP contribution in [0.4, 0.5) is 0 Å². The molecule has 0 aliphatic heterocycles. The van der Waals surface area contributed by atoms with Crippen molar-refractivity contribution < 1.29 is 4.52 Å². The minimum atomic E-state index is 0.252. The number of aromatic nitrogens is 2. The highest BCUT2D eigenvalue weighted by Gasteiger charge is 2.36. The summed E-state index contributed by atoms with van der Waals surface area (Å²) in [6.45, 7) is 5.22. The van der Waals surface area contributed by atoms with Crippen LogP contribution >= 0.6 is 12.2 Å². The van der Waals surface area contributed by atoms with E-state index in [0.29, 0.717) is 17.9 Å². The molecule has 5 heteroatoms. The van der Waals surface area contributed by atoms with Gasteiger partial charge in [-0.1, -0.05) is 13.8 Å². The summed E-state index contributed by atoms with van der Waals surface area (Å²) < 4.78 is 4.98. The quantitative estimate of drug-likeness (QED) is 0.798. The van der Waals surface area contributed by atoms with Gasteiger partial charge in [0, 0.05) is 12.5 Å². The monoisotopic (exact) mass is 241 g/mol. The molecule has 0 saturated heterocycles. The number of aromatic amines is 1. The average molecular weight is 241 g/mol. The Morgan fingerprint density at radius 1 is 1.69 bits per heavy atom. The molecule has 1 aliphatic carbocycles. The Hall–Kier alpha value is -0.680. The number of nitrogens with one attached hydrogen (secondary N) is 1. The lowest BCUT2D eigenvalue weighted by Crippen LogP contribution is -2.22. The molecule has 90 valence electrons. The first-order valence-electron chi connectivity index (χ1n) is 5.77. The van der Waals surface area contributed by atoms with E-state index in [0.717, 1.165) is 5.82 Å². The van der Waals surface area contributed by atoms with Crippen LogP contribution in [-0.4, -0.2) is 16.7 Å². The van der Waals surface area contributed by atoms with Gasteiger partial charge in [-0.05, 0) is 42.8 Å². The number of hydrogen-bond donors (Lipinski definition) is 2. The minimum Gasteiger partial charge on any atom is -0.348 e. The van der Waals surface area contributed by atoms with Gasteiger partial charge < -0.3 is 10.3 Å². The Kier molecular flexibility index (Phi) is 3.17. The summed E-state index contributed by atoms with van der Waals surface area (Å²) in [4.78, 5) is 4.46. The van der Waals surface area contributed by atoms with Crippen molar-refractivity contribution in [2.45, 2.75) is 39.0 Å². The number of hydrogen-bond acceptors (Lipinski definition) is 4. The van der Waals surface area contributed by atoms with Crippen molar-refractivity contribution in [1.82, 2.24) is 10.1 Å². The number of nitrogens with zero attached hydrogens (tertiary/aromatic N) is 1. The fourth-order valence-corrected chi connectivity index (χ4v) is 2.90. The van der Waals surface area contributed by atoms with Crippen molar-refractivity contribution in [2.24, 2.45) is 17.1 Å². The molecule has 0 amide bonds. The van der Waals surface area contributed by atoms with Gasteiger partial charge in [-0.2, -0.15) is 4.98 Å². The summed E-state index contributed by atoms with van der Waals surface area (Å²) >= 11 is 4.87. The molecular formula is C11H19N3OS. The molecule has 1 saturated carbocycles. The zero-order valence-corrected chi connectivity index (χ0v) is 10.6. The van der Waals surface area contributed by atoms with E-state index in [1.54, 1.807) is 0 Å². The Morgan fingerprint density at radius 2 is 2.44 bits per heavy atom. The van der Waals surface area contributed by atoms with Crippen LogP contribution in [0.25, 0.3) is 0 Å². The maximum atomic E-state index is 5.85. The van der Waals surface area contributed by atoms with Crippen LogP contribution in [0, 0.1) is 16.2 Å². The second-order valence-corrected chi connectivity index (χ2v) is 5.83. The second kappa shape index (κ2) is 4.30. The van der Waals surface area contributed by atoms with E-state index in [1.165, 1.54) is 19.3 Å². The van der Waals surface area contributed by atoms with Gasteiger partial charge >= 0.3 is 4.84 Å². The van der Waals surface area contributed by atoms with Gasteiger partial charge in [0.2, 0.25) is 0 Å². The van der Waals surface area contributed by atoms with Crippen LogP contribution in [0.1, 0.15) is 44.9 Å². The Bertz CT molecular complexity index is 409. The lowest BCUT2D eigenvalue weighted by atomic mass is 9.85. The molecule has 0 bridgehead atoms. The molecule has 1 aromatic rings. The van der Waals surface area contributed by atoms with Crippen LogP contribution in [-0.2, 0) is 0 Å². The largest absolute Gasteiger partial charge is 0.348 e. The van der Waals surface area contributed by atoms with Crippen LogP contribution < -0.4 is 5.73 Å². The molecule has 1 aliphatic rings. The molecular weight excluding hydrogens is 222 g/mol. The molecule has 16 heavy (non-hydrogen) atoms. The second-order valence-electron chi connectivity index (χ2n) is 5.48. The predicted octanol–water partition coefficient (Wildman–Crippen LogP) is 2.60. The van der Waals surface area contributed by atoms with E-state index in [-0.39, 0.29) is 10.8 Å². The highest BCUT2D eigenvalue weighted by molar-refractivity contribution is 7.71. The summed E-state index contributed by atoms with van der Waals surface area (Å²) in [6, 6.07) is 0. The maximum Gasteiger partial charge on any atom is 0.314 e. The minimum absolute atomic E-state index is 0.252. The molecule has 0 radical (unpaired) electrons. The molecule has 1 fully saturated rings. The summed E-state index contributed by atoms with van der Waals surface area (Å²) in [5.41, 5.74) is 6.28. The average Bonchev–Trinajstić information content (AvgIpc) is 2.75. The van der Waals surface area contributed by atoms with Gasteiger partial charge in [-0.25, -0.2) is 5.16 Å². The Balaban J connectivity index is 2.15. The summed E-state index contributed by atoms with van der Waals surface area (Å²) in [5, 5.41) is 2.79. The molecule has 0 aromatic carbocycles. The standard InChI is InChI=1S/C11H19N3OS/c1-11(2)4-3-7(5-11)8(6-12)9-13-10(16)15-14-9/h7-8H,3-6,12H2,1-2H3,(H,13,14,16)/t7?,8-/m1/s1. The Labute approximate surface area is 101 Å². The van der Waals surface area contributed by atoms with Crippen molar-refractivity contribution >= 4 is 12.2 Å². The van der Waals surface area contributed by atoms with E-state index >= 15 is 0 Å². The van der Waals surface area contributed by atoms with Crippen LogP contribution in [0.2, 0.25) is 0 Å². The first-order valence-corrected chi connectivity index (χ1v) is 6.18. The van der Waals surface area contributed by atoms with Gasteiger partial charge in [-0.3, -0.25) is 0 Å². The summed E-state index contributed by atoms with van der Waals surface area (Å²) in [7, 11) is 0. The smallest absolute Gasteiger partial charge is 0.314 e. The van der Waals surface area contributed by atoms with Crippen LogP contribution in [0.15, 0.2) is 4.52 Å². The molecule has 4 nitrogen and oxygen atoms in total. The molecule has 2 rings (SSSR count). The van der Waals surface area contributed by atoms with Gasteiger partial charge in [0.15, 0.2) is 0 Å². The SMILES string of the molecule is CC1(C)CCC([C@@H](CN)c2nc(=S)o[nH]2)C1. The van der Waals surface area contributed by atoms with Crippen molar-refractivity contribution in [2.75, 3.05) is 6.54 Å². The highest BCUT2D eigenvalue weighted by Crippen LogP contribution is 2.46. The molecule has 3 N–H and O–H groups in total. The van der Waals surface area contributed by atoms with E-state index in [1.807, 2.05) is 0 Å². The number of rotatable bonds is 3. The third kappa shape index (κ3) is 2.35. The number of H-pyrrole nitrogens is 1. The van der Waals surface area contributed by atoms with E-state index in [4.69, 9.17) is 22.5 Å². The molecule has 1 unspecified atom stereocenters. The highest BCUT2D eigenvalue weighted by atomic mass is 32.1. The first-order chi connectivity index (χ1) is 7.52. The normalized spacial score (nSPS) is 25.8. The number of nitrogens with two attached hydrogens (primary N) is 1. The van der Waals surface area contributed by atoms with Crippen LogP contribution in [0.3, 0.4) is 0 Å². The topological polar surface area (TPSA) is 67.8 Å². The maximum absolute atomic E-state index is 5.85. The third-order valence-corrected chi connectivity index (χ3v) is 3.81. The van der Waals surface area contributed by atoms with Gasteiger partial charge in [0.05, 0.1) is 0 Å². The Morgan fingerprint density at radius 3 is 2.88 bits per heavy atom. The van der Waals surface area contributed by atoms with Crippen molar-refractivity contribution in [1.29, 1.82) is 0 Å². The molecule has 1 heterocycles. The fourth-order valence-electron chi connectivity index (χ4n) is 2.76. The van der Waals surface area contributed by atoms with E-state index < -0.39 is 0 Å².